The number of carbonyl (C=O) groups excluding carboxylic acids is 1. The van der Waals surface area contributed by atoms with Gasteiger partial charge in [0, 0.05) is 0 Å². The van der Waals surface area contributed by atoms with Crippen molar-refractivity contribution >= 4 is 68.5 Å². The SMILES string of the molecule is O=C[C](=[Bi])[Bi]=[Bi]. The van der Waals surface area contributed by atoms with Crippen LogP contribution < -0.4 is 0 Å². The fraction of sp³-hybridized carbons (Fsp3) is 0. The molecule has 0 aliphatic carbocycles. The molecule has 30 valence electrons. The normalized spacial score (nSPS) is 6.67. The first-order valence-corrected chi connectivity index (χ1v) is 19.8. The topological polar surface area (TPSA) is 17.1 Å². The van der Waals surface area contributed by atoms with E-state index in [4.69, 9.17) is 0 Å². The van der Waals surface area contributed by atoms with Crippen LogP contribution >= 0.6 is 0 Å². The van der Waals surface area contributed by atoms with Gasteiger partial charge in [-0.1, -0.05) is 0 Å². The summed E-state index contributed by atoms with van der Waals surface area (Å²) in [4.78, 5) is 9.79. The molecule has 1 nitrogen and oxygen atoms in total. The van der Waals surface area contributed by atoms with E-state index in [1.165, 1.54) is 44.4 Å². The van der Waals surface area contributed by atoms with Gasteiger partial charge in [-0.15, -0.1) is 0 Å². The van der Waals surface area contributed by atoms with Gasteiger partial charge in [-0.2, -0.15) is 0 Å². The Morgan fingerprint density at radius 3 is 2.33 bits per heavy atom. The third-order valence-electron chi connectivity index (χ3n) is 0.208. The molecule has 6 heavy (non-hydrogen) atoms. The van der Waals surface area contributed by atoms with Crippen molar-refractivity contribution in [1.82, 2.24) is 0 Å². The van der Waals surface area contributed by atoms with Gasteiger partial charge in [0.05, 0.1) is 0 Å². The molecular weight excluding hydrogens is 667 g/mol. The Morgan fingerprint density at radius 2 is 2.33 bits per heavy atom. The first-order chi connectivity index (χ1) is 2.81. The van der Waals surface area contributed by atoms with Crippen LogP contribution in [0.4, 0.5) is 0 Å². The molecule has 0 bridgehead atoms. The average Bonchev–Trinajstić information content (AvgIpc) is 1.65. The van der Waals surface area contributed by atoms with E-state index >= 15 is 0 Å². The molecule has 0 atom stereocenters. The molecule has 4 heteroatoms. The van der Waals surface area contributed by atoms with Crippen LogP contribution in [0.3, 0.4) is 0 Å². The Balaban J connectivity index is 3.52. The van der Waals surface area contributed by atoms with E-state index < -0.39 is 0 Å². The van der Waals surface area contributed by atoms with Gasteiger partial charge in [-0.25, -0.2) is 0 Å². The van der Waals surface area contributed by atoms with E-state index in [1.54, 1.807) is 0 Å². The van der Waals surface area contributed by atoms with E-state index in [-0.39, 0.29) is 17.8 Å². The Bertz CT molecular complexity index is 76.8. The van der Waals surface area contributed by atoms with E-state index in [0.717, 1.165) is 6.29 Å². The van der Waals surface area contributed by atoms with Crippen molar-refractivity contribution in [1.29, 1.82) is 0 Å². The summed E-state index contributed by atoms with van der Waals surface area (Å²) in [6.07, 6.45) is 1.05. The molecule has 0 spiro atoms. The summed E-state index contributed by atoms with van der Waals surface area (Å²) in [5.74, 6) is 0. The van der Waals surface area contributed by atoms with E-state index in [2.05, 4.69) is 0 Å². The second-order valence-corrected chi connectivity index (χ2v) is 17.8. The maximum atomic E-state index is 9.79. The molecule has 0 fully saturated rings. The number of hydrogen-bond donors (Lipinski definition) is 0. The minimum atomic E-state index is -0.250. The molecule has 0 aliphatic heterocycles. The Morgan fingerprint density at radius 1 is 1.83 bits per heavy atom. The van der Waals surface area contributed by atoms with Crippen LogP contribution in [0.1, 0.15) is 0 Å². The van der Waals surface area contributed by atoms with Gasteiger partial charge in [-0.05, 0) is 0 Å². The summed E-state index contributed by atoms with van der Waals surface area (Å²) in [6.45, 7) is 0. The number of rotatable bonds is 2. The minimum absolute atomic E-state index is 0.250. The van der Waals surface area contributed by atoms with Crippen molar-refractivity contribution in [3.8, 4) is 0 Å². The molecule has 0 aromatic heterocycles. The molecule has 0 N–H and O–H groups in total. The first kappa shape index (κ1) is 8.19. The molecule has 0 amide bonds. The standard InChI is InChI=1S/C2HO.3Bi/c1-2-3;;;/h2H;;;. The summed E-state index contributed by atoms with van der Waals surface area (Å²) >= 11 is 2.47. The first-order valence-electron chi connectivity index (χ1n) is 1.17. The van der Waals surface area contributed by atoms with Crippen molar-refractivity contribution in [3.63, 3.8) is 0 Å². The molecule has 2 radical (unpaired) electrons. The molecule has 0 rings (SSSR count). The van der Waals surface area contributed by atoms with Crippen molar-refractivity contribution in [2.45, 2.75) is 0 Å². The van der Waals surface area contributed by atoms with Crippen LogP contribution in [0, 0.1) is 0 Å². The van der Waals surface area contributed by atoms with Gasteiger partial charge in [0.1, 0.15) is 0 Å². The number of aldehydes is 1. The third kappa shape index (κ3) is 4.35. The predicted octanol–water partition coefficient (Wildman–Crippen LogP) is -1.73. The van der Waals surface area contributed by atoms with Gasteiger partial charge in [0.2, 0.25) is 0 Å². The maximum absolute atomic E-state index is 9.79. The Kier molecular flexibility index (Phi) is 7.27. The molecular formula is C2HBi3O. The van der Waals surface area contributed by atoms with Crippen LogP contribution in [0.25, 0.3) is 0 Å². The van der Waals surface area contributed by atoms with Crippen molar-refractivity contribution in [3.05, 3.63) is 0 Å². The van der Waals surface area contributed by atoms with E-state index in [1.807, 2.05) is 0 Å². The van der Waals surface area contributed by atoms with Crippen LogP contribution in [0.5, 0.6) is 0 Å². The third-order valence-corrected chi connectivity index (χ3v) is 35.6. The molecule has 0 aliphatic rings. The van der Waals surface area contributed by atoms with Gasteiger partial charge in [0.15, 0.2) is 0 Å². The molecule has 0 aromatic rings. The van der Waals surface area contributed by atoms with Crippen LogP contribution in [0.2, 0.25) is 0 Å². The average molecular weight is 668 g/mol. The van der Waals surface area contributed by atoms with Crippen LogP contribution in [0.15, 0.2) is 0 Å². The zero-order valence-corrected chi connectivity index (χ0v) is 13.3. The molecule has 0 heterocycles. The summed E-state index contributed by atoms with van der Waals surface area (Å²) in [5.41, 5.74) is 0. The summed E-state index contributed by atoms with van der Waals surface area (Å²) in [5, 5.41) is 0. The summed E-state index contributed by atoms with van der Waals surface area (Å²) in [7, 11) is 0. The second kappa shape index (κ2) is 5.33. The monoisotopic (exact) mass is 668 g/mol. The van der Waals surface area contributed by atoms with E-state index in [9.17, 15) is 4.79 Å². The Hall–Kier alpha value is 2.19. The molecule has 0 unspecified atom stereocenters. The molecule has 0 saturated heterocycles. The van der Waals surface area contributed by atoms with Crippen molar-refractivity contribution < 1.29 is 4.79 Å². The van der Waals surface area contributed by atoms with Crippen LogP contribution in [-0.4, -0.2) is 68.5 Å². The number of hydrogen-bond acceptors (Lipinski definition) is 1. The van der Waals surface area contributed by atoms with Crippen molar-refractivity contribution in [2.24, 2.45) is 0 Å². The molecule has 0 saturated carbocycles. The second-order valence-electron chi connectivity index (χ2n) is 0.576. The van der Waals surface area contributed by atoms with Gasteiger partial charge < -0.3 is 0 Å². The van der Waals surface area contributed by atoms with Crippen molar-refractivity contribution in [2.75, 3.05) is 0 Å². The van der Waals surface area contributed by atoms with Gasteiger partial charge in [-0.3, -0.25) is 0 Å². The quantitative estimate of drug-likeness (QED) is 0.253. The Labute approximate surface area is 71.7 Å². The zero-order valence-electron chi connectivity index (χ0n) is 2.83. The number of carbonyl (C=O) groups is 1. The van der Waals surface area contributed by atoms with Gasteiger partial charge >= 0.3 is 73.3 Å². The molecule has 0 aromatic carbocycles. The fourth-order valence-corrected chi connectivity index (χ4v) is 1.81. The summed E-state index contributed by atoms with van der Waals surface area (Å²) in [6, 6.07) is 0. The summed E-state index contributed by atoms with van der Waals surface area (Å²) < 4.78 is 1.25. The zero-order chi connectivity index (χ0) is 4.99. The predicted molar refractivity (Wildman–Crippen MR) is 28.3 cm³/mol. The van der Waals surface area contributed by atoms with Gasteiger partial charge in [0.25, 0.3) is 0 Å². The van der Waals surface area contributed by atoms with E-state index in [0.29, 0.717) is 0 Å². The fourth-order valence-electron chi connectivity index (χ4n) is 0.0236. The van der Waals surface area contributed by atoms with Crippen LogP contribution in [-0.2, 0) is 4.79 Å².